The monoisotopic (exact) mass is 374 g/mol. The van der Waals surface area contributed by atoms with Gasteiger partial charge in [0.1, 0.15) is 5.82 Å². The molecule has 0 saturated carbocycles. The Kier molecular flexibility index (Phi) is 5.57. The van der Waals surface area contributed by atoms with Gasteiger partial charge in [-0.15, -0.1) is 0 Å². The van der Waals surface area contributed by atoms with Gasteiger partial charge in [0, 0.05) is 35.3 Å². The van der Waals surface area contributed by atoms with Crippen molar-refractivity contribution >= 4 is 29.1 Å². The van der Waals surface area contributed by atoms with E-state index in [9.17, 15) is 14.0 Å². The molecule has 3 rings (SSSR count). The Labute approximate surface area is 157 Å². The number of benzene rings is 2. The van der Waals surface area contributed by atoms with Crippen molar-refractivity contribution in [1.82, 2.24) is 4.90 Å². The molecule has 2 aromatic carbocycles. The molecule has 26 heavy (non-hydrogen) atoms. The Bertz CT molecular complexity index is 815. The van der Waals surface area contributed by atoms with Gasteiger partial charge in [-0.25, -0.2) is 4.39 Å². The number of nitrogens with zero attached hydrogens (tertiary/aromatic N) is 1. The highest BCUT2D eigenvalue weighted by atomic mass is 35.5. The molecule has 1 fully saturated rings. The summed E-state index contributed by atoms with van der Waals surface area (Å²) in [5.74, 6) is -0.750. The third-order valence-electron chi connectivity index (χ3n) is 4.70. The van der Waals surface area contributed by atoms with E-state index in [-0.39, 0.29) is 23.5 Å². The number of carbonyl (C=O) groups excluding carboxylic acids is 2. The van der Waals surface area contributed by atoms with E-state index in [1.54, 1.807) is 35.2 Å². The van der Waals surface area contributed by atoms with Crippen LogP contribution in [-0.4, -0.2) is 29.8 Å². The number of piperidine rings is 1. The van der Waals surface area contributed by atoms with Crippen LogP contribution in [0.15, 0.2) is 42.5 Å². The van der Waals surface area contributed by atoms with Crippen LogP contribution in [0.1, 0.15) is 28.8 Å². The van der Waals surface area contributed by atoms with Crippen molar-refractivity contribution in [3.63, 3.8) is 0 Å². The van der Waals surface area contributed by atoms with Crippen molar-refractivity contribution in [2.24, 2.45) is 5.92 Å². The molecule has 4 nitrogen and oxygen atoms in total. The van der Waals surface area contributed by atoms with Gasteiger partial charge in [0.25, 0.3) is 5.91 Å². The van der Waals surface area contributed by atoms with Gasteiger partial charge in [-0.2, -0.15) is 0 Å². The predicted molar refractivity (Wildman–Crippen MR) is 99.8 cm³/mol. The lowest BCUT2D eigenvalue weighted by Crippen LogP contribution is -2.41. The first-order valence-corrected chi connectivity index (χ1v) is 8.93. The zero-order valence-electron chi connectivity index (χ0n) is 14.5. The molecule has 6 heteroatoms. The molecule has 1 aliphatic heterocycles. The maximum Gasteiger partial charge on any atom is 0.253 e. The number of nitrogens with one attached hydrogen (secondary N) is 1. The average Bonchev–Trinajstić information content (AvgIpc) is 2.65. The Balaban J connectivity index is 1.57. The number of anilines is 1. The number of rotatable bonds is 3. The molecular formula is C20H20ClFN2O2. The van der Waals surface area contributed by atoms with Crippen LogP contribution in [0.3, 0.4) is 0 Å². The second kappa shape index (κ2) is 7.87. The minimum Gasteiger partial charge on any atom is -0.339 e. The summed E-state index contributed by atoms with van der Waals surface area (Å²) >= 11 is 5.85. The molecule has 2 aromatic rings. The van der Waals surface area contributed by atoms with Crippen LogP contribution in [0.4, 0.5) is 10.1 Å². The topological polar surface area (TPSA) is 49.4 Å². The normalized spacial score (nSPS) is 15.0. The van der Waals surface area contributed by atoms with Gasteiger partial charge in [-0.05, 0) is 61.7 Å². The van der Waals surface area contributed by atoms with Crippen LogP contribution in [0.5, 0.6) is 0 Å². The van der Waals surface area contributed by atoms with Gasteiger partial charge >= 0.3 is 0 Å². The van der Waals surface area contributed by atoms with Crippen LogP contribution in [0, 0.1) is 18.7 Å². The van der Waals surface area contributed by atoms with Crippen LogP contribution >= 0.6 is 11.6 Å². The fraction of sp³-hybridized carbons (Fsp3) is 0.300. The van der Waals surface area contributed by atoms with Gasteiger partial charge in [-0.1, -0.05) is 17.7 Å². The lowest BCUT2D eigenvalue weighted by atomic mass is 9.95. The molecule has 0 radical (unpaired) electrons. The van der Waals surface area contributed by atoms with Gasteiger partial charge in [0.15, 0.2) is 0 Å². The number of likely N-dealkylation sites (tertiary alicyclic amines) is 1. The van der Waals surface area contributed by atoms with Crippen LogP contribution in [0.2, 0.25) is 5.02 Å². The molecule has 0 bridgehead atoms. The van der Waals surface area contributed by atoms with Crippen LogP contribution < -0.4 is 5.32 Å². The highest BCUT2D eigenvalue weighted by molar-refractivity contribution is 6.30. The van der Waals surface area contributed by atoms with Crippen LogP contribution in [0.25, 0.3) is 0 Å². The molecule has 1 saturated heterocycles. The predicted octanol–water partition coefficient (Wildman–Crippen LogP) is 4.28. The van der Waals surface area contributed by atoms with Crippen molar-refractivity contribution < 1.29 is 14.0 Å². The highest BCUT2D eigenvalue weighted by Crippen LogP contribution is 2.23. The Morgan fingerprint density at radius 1 is 1.12 bits per heavy atom. The van der Waals surface area contributed by atoms with E-state index < -0.39 is 0 Å². The minimum absolute atomic E-state index is 0.0542. The van der Waals surface area contributed by atoms with E-state index in [0.717, 1.165) is 5.56 Å². The molecule has 0 unspecified atom stereocenters. The fourth-order valence-electron chi connectivity index (χ4n) is 3.08. The number of hydrogen-bond acceptors (Lipinski definition) is 2. The SMILES string of the molecule is Cc1ccc(F)cc1NC(=O)C1CCN(C(=O)c2ccc(Cl)cc2)CC1. The highest BCUT2D eigenvalue weighted by Gasteiger charge is 2.28. The summed E-state index contributed by atoms with van der Waals surface area (Å²) in [6.45, 7) is 2.85. The van der Waals surface area contributed by atoms with Crippen molar-refractivity contribution in [3.8, 4) is 0 Å². The lowest BCUT2D eigenvalue weighted by molar-refractivity contribution is -0.121. The summed E-state index contributed by atoms with van der Waals surface area (Å²) < 4.78 is 13.4. The van der Waals surface area contributed by atoms with E-state index in [1.165, 1.54) is 12.1 Å². The molecule has 0 spiro atoms. The number of hydrogen-bond donors (Lipinski definition) is 1. The summed E-state index contributed by atoms with van der Waals surface area (Å²) in [5, 5.41) is 3.39. The van der Waals surface area contributed by atoms with Gasteiger partial charge in [0.2, 0.25) is 5.91 Å². The first-order chi connectivity index (χ1) is 12.4. The Hall–Kier alpha value is -2.40. The summed E-state index contributed by atoms with van der Waals surface area (Å²) in [6.07, 6.45) is 1.17. The van der Waals surface area contributed by atoms with Crippen molar-refractivity contribution in [2.75, 3.05) is 18.4 Å². The lowest BCUT2D eigenvalue weighted by Gasteiger charge is -2.31. The number of carbonyl (C=O) groups is 2. The molecule has 1 N–H and O–H groups in total. The molecule has 136 valence electrons. The smallest absolute Gasteiger partial charge is 0.253 e. The molecule has 0 aromatic heterocycles. The Morgan fingerprint density at radius 2 is 1.77 bits per heavy atom. The Morgan fingerprint density at radius 3 is 2.42 bits per heavy atom. The van der Waals surface area contributed by atoms with E-state index in [4.69, 9.17) is 11.6 Å². The van der Waals surface area contributed by atoms with Crippen molar-refractivity contribution in [3.05, 3.63) is 64.4 Å². The molecule has 0 atom stereocenters. The maximum atomic E-state index is 13.4. The van der Waals surface area contributed by atoms with E-state index in [2.05, 4.69) is 5.32 Å². The first-order valence-electron chi connectivity index (χ1n) is 8.56. The number of halogens is 2. The quantitative estimate of drug-likeness (QED) is 0.871. The van der Waals surface area contributed by atoms with Crippen molar-refractivity contribution in [2.45, 2.75) is 19.8 Å². The zero-order chi connectivity index (χ0) is 18.7. The molecular weight excluding hydrogens is 355 g/mol. The molecule has 0 aliphatic carbocycles. The maximum absolute atomic E-state index is 13.4. The third kappa shape index (κ3) is 4.22. The zero-order valence-corrected chi connectivity index (χ0v) is 15.2. The minimum atomic E-state index is -0.380. The van der Waals surface area contributed by atoms with E-state index in [0.29, 0.717) is 42.2 Å². The van der Waals surface area contributed by atoms with E-state index >= 15 is 0 Å². The van der Waals surface area contributed by atoms with Gasteiger partial charge in [-0.3, -0.25) is 9.59 Å². The summed E-state index contributed by atoms with van der Waals surface area (Å²) in [4.78, 5) is 26.7. The van der Waals surface area contributed by atoms with Gasteiger partial charge < -0.3 is 10.2 Å². The standard InChI is InChI=1S/C20H20ClFN2O2/c1-13-2-7-17(22)12-18(13)23-19(25)14-8-10-24(11-9-14)20(26)15-3-5-16(21)6-4-15/h2-7,12,14H,8-11H2,1H3,(H,23,25). The third-order valence-corrected chi connectivity index (χ3v) is 4.95. The molecule has 2 amide bonds. The van der Waals surface area contributed by atoms with Gasteiger partial charge in [0.05, 0.1) is 0 Å². The number of amides is 2. The second-order valence-corrected chi connectivity index (χ2v) is 6.96. The first kappa shape index (κ1) is 18.4. The molecule has 1 heterocycles. The largest absolute Gasteiger partial charge is 0.339 e. The molecule has 1 aliphatic rings. The van der Waals surface area contributed by atoms with Crippen molar-refractivity contribution in [1.29, 1.82) is 0 Å². The van der Waals surface area contributed by atoms with Crippen LogP contribution in [-0.2, 0) is 4.79 Å². The fourth-order valence-corrected chi connectivity index (χ4v) is 3.21. The number of aryl methyl sites for hydroxylation is 1. The summed E-state index contributed by atoms with van der Waals surface area (Å²) in [7, 11) is 0. The summed E-state index contributed by atoms with van der Waals surface area (Å²) in [5.41, 5.74) is 1.90. The summed E-state index contributed by atoms with van der Waals surface area (Å²) in [6, 6.07) is 11.1. The average molecular weight is 375 g/mol. The van der Waals surface area contributed by atoms with E-state index in [1.807, 2.05) is 6.92 Å². The second-order valence-electron chi connectivity index (χ2n) is 6.52.